The van der Waals surface area contributed by atoms with E-state index in [2.05, 4.69) is 98.9 Å². The number of rotatable bonds is 56. The Morgan fingerprint density at radius 2 is 0.753 bits per heavy atom. The summed E-state index contributed by atoms with van der Waals surface area (Å²) in [5.74, 6) is -0.827. The SMILES string of the molecule is CC/C=C\C/C=C\C/C=C\C/C=C\C/C=C\CCCCCCCCCCCCCCCC(=O)OC(COC(=O)CCCCCCCCCCCCC/C=C\C/C=C\CCCCCCC)COP(=O)(O)OCCN. The van der Waals surface area contributed by atoms with Gasteiger partial charge < -0.3 is 20.1 Å². The maximum absolute atomic E-state index is 12.7. The van der Waals surface area contributed by atoms with Gasteiger partial charge in [0.25, 0.3) is 0 Å². The van der Waals surface area contributed by atoms with E-state index in [1.807, 2.05) is 0 Å². The molecule has 0 spiro atoms. The Morgan fingerprint density at radius 3 is 1.12 bits per heavy atom. The van der Waals surface area contributed by atoms with Gasteiger partial charge in [0.2, 0.25) is 0 Å². The molecule has 0 aliphatic rings. The van der Waals surface area contributed by atoms with E-state index in [9.17, 15) is 19.0 Å². The maximum Gasteiger partial charge on any atom is 0.472 e. The molecule has 0 aromatic heterocycles. The first kappa shape index (κ1) is 70.2. The van der Waals surface area contributed by atoms with Crippen LogP contribution in [-0.4, -0.2) is 49.3 Å². The van der Waals surface area contributed by atoms with Crippen molar-refractivity contribution in [2.24, 2.45) is 5.73 Å². The van der Waals surface area contributed by atoms with Crippen LogP contribution in [0.3, 0.4) is 0 Å². The summed E-state index contributed by atoms with van der Waals surface area (Å²) >= 11 is 0. The minimum absolute atomic E-state index is 0.0504. The van der Waals surface area contributed by atoms with Crippen molar-refractivity contribution >= 4 is 19.8 Å². The lowest BCUT2D eigenvalue weighted by Gasteiger charge is -2.19. The van der Waals surface area contributed by atoms with Gasteiger partial charge in [-0.3, -0.25) is 18.6 Å². The number of esters is 2. The number of ether oxygens (including phenoxy) is 2. The molecule has 0 aliphatic carbocycles. The molecule has 0 saturated heterocycles. The van der Waals surface area contributed by atoms with Crippen LogP contribution >= 0.6 is 7.82 Å². The van der Waals surface area contributed by atoms with Crippen molar-refractivity contribution in [3.05, 3.63) is 85.1 Å². The van der Waals surface area contributed by atoms with Crippen molar-refractivity contribution in [3.8, 4) is 0 Å². The predicted molar refractivity (Wildman–Crippen MR) is 312 cm³/mol. The number of nitrogens with two attached hydrogens (primary N) is 1. The molecule has 9 nitrogen and oxygen atoms in total. The average molecular weight is 1040 g/mol. The Balaban J connectivity index is 3.96. The van der Waals surface area contributed by atoms with Crippen molar-refractivity contribution < 1.29 is 37.6 Å². The number of carbonyl (C=O) groups excluding carboxylic acids is 2. The minimum atomic E-state index is -4.39. The second-order valence-corrected chi connectivity index (χ2v) is 21.3. The Hall–Kier alpha value is -2.81. The van der Waals surface area contributed by atoms with Gasteiger partial charge in [0.05, 0.1) is 13.2 Å². The summed E-state index contributed by atoms with van der Waals surface area (Å²) in [6.45, 7) is 3.64. The molecule has 0 heterocycles. The standard InChI is InChI=1S/C63H112NO8P/c1-3-5-7-9-11-13-15-17-19-21-23-25-27-28-29-30-31-32-34-36-38-40-42-44-46-48-50-52-54-56-63(66)72-61(60-71-73(67,68)70-58-57-64)59-69-62(65)55-53-51-49-47-45-43-41-39-37-35-33-26-24-22-20-18-16-14-12-10-8-6-4-2/h5,7,11,13,16-19,22-25,28-29,61H,3-4,6,8-10,12,14-15,20-21,26-27,30-60,64H2,1-2H3,(H,67,68)/b7-5-,13-11-,18-16-,19-17-,24-22-,25-23-,29-28-. The van der Waals surface area contributed by atoms with Gasteiger partial charge in [-0.25, -0.2) is 4.57 Å². The van der Waals surface area contributed by atoms with Gasteiger partial charge in [-0.2, -0.15) is 0 Å². The molecule has 0 rings (SSSR count). The van der Waals surface area contributed by atoms with Gasteiger partial charge in [0.1, 0.15) is 6.61 Å². The number of phosphoric ester groups is 1. The van der Waals surface area contributed by atoms with Crippen molar-refractivity contribution in [1.82, 2.24) is 0 Å². The monoisotopic (exact) mass is 1040 g/mol. The zero-order chi connectivity index (χ0) is 53.1. The molecule has 73 heavy (non-hydrogen) atoms. The highest BCUT2D eigenvalue weighted by Crippen LogP contribution is 2.43. The van der Waals surface area contributed by atoms with Crippen molar-refractivity contribution in [1.29, 1.82) is 0 Å². The van der Waals surface area contributed by atoms with E-state index < -0.39 is 26.5 Å². The van der Waals surface area contributed by atoms with Gasteiger partial charge in [-0.15, -0.1) is 0 Å². The Morgan fingerprint density at radius 1 is 0.425 bits per heavy atom. The lowest BCUT2D eigenvalue weighted by Crippen LogP contribution is -2.29. The Labute approximate surface area is 449 Å². The molecule has 0 aliphatic heterocycles. The summed E-state index contributed by atoms with van der Waals surface area (Å²) in [4.78, 5) is 35.2. The average Bonchev–Trinajstić information content (AvgIpc) is 3.38. The third-order valence-electron chi connectivity index (χ3n) is 12.8. The molecular formula is C63H112NO8P. The van der Waals surface area contributed by atoms with Gasteiger partial charge in [-0.05, 0) is 89.9 Å². The molecule has 0 bridgehead atoms. The highest BCUT2D eigenvalue weighted by Gasteiger charge is 2.26. The first-order valence-electron chi connectivity index (χ1n) is 30.1. The van der Waals surface area contributed by atoms with E-state index in [0.717, 1.165) is 77.0 Å². The molecule has 0 radical (unpaired) electrons. The molecule has 0 saturated carbocycles. The van der Waals surface area contributed by atoms with E-state index >= 15 is 0 Å². The fraction of sp³-hybridized carbons (Fsp3) is 0.746. The lowest BCUT2D eigenvalue weighted by atomic mass is 10.0. The van der Waals surface area contributed by atoms with Crippen molar-refractivity contribution in [3.63, 3.8) is 0 Å². The molecule has 422 valence electrons. The predicted octanol–water partition coefficient (Wildman–Crippen LogP) is 19.1. The van der Waals surface area contributed by atoms with Crippen LogP contribution in [0, 0.1) is 0 Å². The highest BCUT2D eigenvalue weighted by atomic mass is 31.2. The summed E-state index contributed by atoms with van der Waals surface area (Å²) in [5, 5.41) is 0. The van der Waals surface area contributed by atoms with Crippen LogP contribution < -0.4 is 5.73 Å². The normalized spacial score (nSPS) is 13.6. The molecule has 0 aromatic rings. The van der Waals surface area contributed by atoms with Crippen LogP contribution in [0.15, 0.2) is 85.1 Å². The summed E-state index contributed by atoms with van der Waals surface area (Å²) in [7, 11) is -4.39. The number of phosphoric acid groups is 1. The smallest absolute Gasteiger partial charge is 0.462 e. The molecule has 10 heteroatoms. The van der Waals surface area contributed by atoms with Gasteiger partial charge in [0, 0.05) is 19.4 Å². The van der Waals surface area contributed by atoms with Crippen LogP contribution in [0.1, 0.15) is 271 Å². The number of hydrogen-bond acceptors (Lipinski definition) is 8. The second kappa shape index (κ2) is 58.5. The molecule has 2 atom stereocenters. The summed E-state index contributed by atoms with van der Waals surface area (Å²) in [6, 6.07) is 0. The molecule has 3 N–H and O–H groups in total. The first-order valence-corrected chi connectivity index (χ1v) is 31.6. The fourth-order valence-electron chi connectivity index (χ4n) is 8.34. The summed E-state index contributed by atoms with van der Waals surface area (Å²) in [6.07, 6.45) is 76.4. The van der Waals surface area contributed by atoms with Crippen LogP contribution in [0.5, 0.6) is 0 Å². The van der Waals surface area contributed by atoms with Gasteiger partial charge in [-0.1, -0.05) is 253 Å². The first-order chi connectivity index (χ1) is 35.8. The fourth-order valence-corrected chi connectivity index (χ4v) is 9.11. The van der Waals surface area contributed by atoms with Crippen LogP contribution in [0.4, 0.5) is 0 Å². The molecule has 0 aromatic carbocycles. The van der Waals surface area contributed by atoms with Gasteiger partial charge >= 0.3 is 19.8 Å². The molecule has 2 unspecified atom stereocenters. The Bertz CT molecular complexity index is 1470. The van der Waals surface area contributed by atoms with Gasteiger partial charge in [0.15, 0.2) is 6.10 Å². The largest absolute Gasteiger partial charge is 0.472 e. The van der Waals surface area contributed by atoms with E-state index in [4.69, 9.17) is 24.3 Å². The third kappa shape index (κ3) is 58.3. The highest BCUT2D eigenvalue weighted by molar-refractivity contribution is 7.47. The Kier molecular flexibility index (Phi) is 56.2. The van der Waals surface area contributed by atoms with E-state index in [0.29, 0.717) is 6.42 Å². The van der Waals surface area contributed by atoms with E-state index in [1.165, 1.54) is 161 Å². The van der Waals surface area contributed by atoms with E-state index in [1.54, 1.807) is 0 Å². The molecule has 0 amide bonds. The summed E-state index contributed by atoms with van der Waals surface area (Å²) in [5.41, 5.74) is 5.39. The van der Waals surface area contributed by atoms with E-state index in [-0.39, 0.29) is 38.6 Å². The second-order valence-electron chi connectivity index (χ2n) is 19.8. The van der Waals surface area contributed by atoms with Crippen LogP contribution in [0.2, 0.25) is 0 Å². The molecule has 0 fully saturated rings. The van der Waals surface area contributed by atoms with Crippen LogP contribution in [-0.2, 0) is 32.7 Å². The minimum Gasteiger partial charge on any atom is -0.462 e. The zero-order valence-corrected chi connectivity index (χ0v) is 48.0. The topological polar surface area (TPSA) is 134 Å². The summed E-state index contributed by atoms with van der Waals surface area (Å²) < 4.78 is 33.1. The third-order valence-corrected chi connectivity index (χ3v) is 13.7. The lowest BCUT2D eigenvalue weighted by molar-refractivity contribution is -0.161. The number of carbonyl (C=O) groups is 2. The number of hydrogen-bond donors (Lipinski definition) is 2. The maximum atomic E-state index is 12.7. The van der Waals surface area contributed by atoms with Crippen molar-refractivity contribution in [2.45, 2.75) is 277 Å². The number of allylic oxidation sites excluding steroid dienone is 14. The van der Waals surface area contributed by atoms with Crippen molar-refractivity contribution in [2.75, 3.05) is 26.4 Å². The molecular weight excluding hydrogens is 930 g/mol. The zero-order valence-electron chi connectivity index (χ0n) is 47.1. The van der Waals surface area contributed by atoms with Crippen LogP contribution in [0.25, 0.3) is 0 Å². The quantitative estimate of drug-likeness (QED) is 0.0264. The number of unbranched alkanes of at least 4 members (excludes halogenated alkanes) is 29.